The molecule has 2 rings (SSSR count). The van der Waals surface area contributed by atoms with E-state index in [-0.39, 0.29) is 5.78 Å². The number of aryl methyl sites for hydroxylation is 1. The Bertz CT molecular complexity index is 428. The van der Waals surface area contributed by atoms with Crippen LogP contribution >= 0.6 is 15.9 Å². The van der Waals surface area contributed by atoms with Gasteiger partial charge in [0.05, 0.1) is 5.69 Å². The summed E-state index contributed by atoms with van der Waals surface area (Å²) in [6, 6.07) is 4.01. The summed E-state index contributed by atoms with van der Waals surface area (Å²) >= 11 is 3.55. The first-order chi connectivity index (χ1) is 8.22. The van der Waals surface area contributed by atoms with E-state index in [0.29, 0.717) is 6.42 Å². The van der Waals surface area contributed by atoms with Gasteiger partial charge in [0.25, 0.3) is 0 Å². The molecule has 0 radical (unpaired) electrons. The van der Waals surface area contributed by atoms with Crippen LogP contribution in [0.15, 0.2) is 16.6 Å². The predicted octanol–water partition coefficient (Wildman–Crippen LogP) is 4.18. The van der Waals surface area contributed by atoms with E-state index in [0.717, 1.165) is 42.3 Å². The highest BCUT2D eigenvalue weighted by molar-refractivity contribution is 9.10. The molecule has 1 aliphatic heterocycles. The number of carbonyl (C=O) groups excluding carboxylic acids is 1. The Morgan fingerprint density at radius 3 is 3.06 bits per heavy atom. The molecule has 0 aliphatic carbocycles. The van der Waals surface area contributed by atoms with E-state index in [1.807, 2.05) is 6.07 Å². The Kier molecular flexibility index (Phi) is 4.21. The lowest BCUT2D eigenvalue weighted by molar-refractivity contribution is 0.0979. The summed E-state index contributed by atoms with van der Waals surface area (Å²) in [7, 11) is 0. The van der Waals surface area contributed by atoms with Gasteiger partial charge in [-0.15, -0.1) is 0 Å². The van der Waals surface area contributed by atoms with Crippen molar-refractivity contribution in [2.45, 2.75) is 39.0 Å². The van der Waals surface area contributed by atoms with Gasteiger partial charge in [0.2, 0.25) is 0 Å². The maximum atomic E-state index is 12.0. The molecule has 0 saturated carbocycles. The first-order valence-corrected chi connectivity index (χ1v) is 7.11. The molecule has 0 unspecified atom stereocenters. The summed E-state index contributed by atoms with van der Waals surface area (Å²) in [6.45, 7) is 3.13. The summed E-state index contributed by atoms with van der Waals surface area (Å²) in [5.74, 6) is 0.265. The van der Waals surface area contributed by atoms with Gasteiger partial charge in [0.1, 0.15) is 0 Å². The van der Waals surface area contributed by atoms with Gasteiger partial charge in [0, 0.05) is 23.0 Å². The van der Waals surface area contributed by atoms with Gasteiger partial charge in [-0.2, -0.15) is 0 Å². The van der Waals surface area contributed by atoms with Crippen LogP contribution in [-0.2, 0) is 6.42 Å². The number of halogens is 1. The van der Waals surface area contributed by atoms with Crippen molar-refractivity contribution in [1.82, 2.24) is 0 Å². The number of rotatable bonds is 4. The molecule has 92 valence electrons. The molecule has 1 N–H and O–H groups in total. The molecule has 1 aliphatic rings. The SMILES string of the molecule is CCCCC(=O)c1cc(Br)c2c(c1)CCCN2. The molecule has 1 aromatic rings. The smallest absolute Gasteiger partial charge is 0.162 e. The van der Waals surface area contributed by atoms with Gasteiger partial charge in [-0.3, -0.25) is 4.79 Å². The third kappa shape index (κ3) is 2.89. The molecule has 0 amide bonds. The first-order valence-electron chi connectivity index (χ1n) is 6.32. The average molecular weight is 296 g/mol. The summed E-state index contributed by atoms with van der Waals surface area (Å²) in [6.07, 6.45) is 4.92. The molecule has 0 spiro atoms. The fraction of sp³-hybridized carbons (Fsp3) is 0.500. The lowest BCUT2D eigenvalue weighted by Crippen LogP contribution is -2.13. The molecule has 0 atom stereocenters. The van der Waals surface area contributed by atoms with E-state index in [1.165, 1.54) is 11.3 Å². The summed E-state index contributed by atoms with van der Waals surface area (Å²) in [4.78, 5) is 12.0. The zero-order valence-corrected chi connectivity index (χ0v) is 11.8. The fourth-order valence-corrected chi connectivity index (χ4v) is 2.84. The molecule has 0 aromatic heterocycles. The van der Waals surface area contributed by atoms with Crippen molar-refractivity contribution in [3.63, 3.8) is 0 Å². The molecule has 1 aromatic carbocycles. The molecule has 17 heavy (non-hydrogen) atoms. The highest BCUT2D eigenvalue weighted by Gasteiger charge is 2.15. The largest absolute Gasteiger partial charge is 0.384 e. The molecular formula is C14H18BrNO. The Morgan fingerprint density at radius 1 is 1.47 bits per heavy atom. The minimum atomic E-state index is 0.265. The molecule has 3 heteroatoms. The van der Waals surface area contributed by atoms with Crippen LogP contribution in [0.2, 0.25) is 0 Å². The van der Waals surface area contributed by atoms with E-state index < -0.39 is 0 Å². The lowest BCUT2D eigenvalue weighted by atomic mass is 9.97. The number of nitrogens with one attached hydrogen (secondary N) is 1. The second-order valence-corrected chi connectivity index (χ2v) is 5.40. The maximum Gasteiger partial charge on any atom is 0.162 e. The third-order valence-electron chi connectivity index (χ3n) is 3.18. The van der Waals surface area contributed by atoms with Crippen LogP contribution in [0.25, 0.3) is 0 Å². The van der Waals surface area contributed by atoms with E-state index in [4.69, 9.17) is 0 Å². The number of fused-ring (bicyclic) bond motifs is 1. The van der Waals surface area contributed by atoms with Gasteiger partial charge in [-0.05, 0) is 52.9 Å². The van der Waals surface area contributed by atoms with Crippen molar-refractivity contribution in [2.75, 3.05) is 11.9 Å². The number of anilines is 1. The maximum absolute atomic E-state index is 12.0. The highest BCUT2D eigenvalue weighted by Crippen LogP contribution is 2.32. The Labute approximate surface area is 111 Å². The second-order valence-electron chi connectivity index (χ2n) is 4.55. The zero-order chi connectivity index (χ0) is 12.3. The quantitative estimate of drug-likeness (QED) is 0.844. The van der Waals surface area contributed by atoms with E-state index in [2.05, 4.69) is 34.2 Å². The number of hydrogen-bond donors (Lipinski definition) is 1. The van der Waals surface area contributed by atoms with E-state index in [9.17, 15) is 4.79 Å². The van der Waals surface area contributed by atoms with Crippen LogP contribution in [0.1, 0.15) is 48.5 Å². The number of carbonyl (C=O) groups is 1. The van der Waals surface area contributed by atoms with Crippen LogP contribution in [-0.4, -0.2) is 12.3 Å². The fourth-order valence-electron chi connectivity index (χ4n) is 2.19. The Balaban J connectivity index is 2.24. The number of Topliss-reactive ketones (excluding diaryl/α,β-unsaturated/α-hetero) is 1. The third-order valence-corrected chi connectivity index (χ3v) is 3.80. The zero-order valence-electron chi connectivity index (χ0n) is 10.2. The highest BCUT2D eigenvalue weighted by atomic mass is 79.9. The van der Waals surface area contributed by atoms with Crippen LogP contribution < -0.4 is 5.32 Å². The monoisotopic (exact) mass is 295 g/mol. The number of benzene rings is 1. The average Bonchev–Trinajstić information content (AvgIpc) is 2.36. The number of hydrogen-bond acceptors (Lipinski definition) is 2. The van der Waals surface area contributed by atoms with Crippen LogP contribution in [0.5, 0.6) is 0 Å². The number of ketones is 1. The molecule has 1 heterocycles. The van der Waals surface area contributed by atoms with Gasteiger partial charge >= 0.3 is 0 Å². The lowest BCUT2D eigenvalue weighted by Gasteiger charge is -2.20. The molecule has 0 saturated heterocycles. The van der Waals surface area contributed by atoms with E-state index in [1.54, 1.807) is 0 Å². The Hall–Kier alpha value is -0.830. The van der Waals surface area contributed by atoms with Gasteiger partial charge < -0.3 is 5.32 Å². The topological polar surface area (TPSA) is 29.1 Å². The predicted molar refractivity (Wildman–Crippen MR) is 74.8 cm³/mol. The van der Waals surface area contributed by atoms with Crippen molar-refractivity contribution in [2.24, 2.45) is 0 Å². The molecule has 0 fully saturated rings. The van der Waals surface area contributed by atoms with Crippen LogP contribution in [0.4, 0.5) is 5.69 Å². The molecule has 2 nitrogen and oxygen atoms in total. The van der Waals surface area contributed by atoms with Crippen molar-refractivity contribution < 1.29 is 4.79 Å². The van der Waals surface area contributed by atoms with Gasteiger partial charge in [0.15, 0.2) is 5.78 Å². The van der Waals surface area contributed by atoms with Crippen LogP contribution in [0.3, 0.4) is 0 Å². The van der Waals surface area contributed by atoms with Crippen molar-refractivity contribution >= 4 is 27.4 Å². The van der Waals surface area contributed by atoms with E-state index >= 15 is 0 Å². The second kappa shape index (κ2) is 5.67. The first kappa shape index (κ1) is 12.6. The van der Waals surface area contributed by atoms with Crippen molar-refractivity contribution in [3.05, 3.63) is 27.7 Å². The van der Waals surface area contributed by atoms with Crippen molar-refractivity contribution in [3.8, 4) is 0 Å². The molecule has 0 bridgehead atoms. The summed E-state index contributed by atoms with van der Waals surface area (Å²) in [5, 5.41) is 3.38. The van der Waals surface area contributed by atoms with Gasteiger partial charge in [-0.25, -0.2) is 0 Å². The van der Waals surface area contributed by atoms with Crippen molar-refractivity contribution in [1.29, 1.82) is 0 Å². The summed E-state index contributed by atoms with van der Waals surface area (Å²) < 4.78 is 1.02. The minimum absolute atomic E-state index is 0.265. The number of unbranched alkanes of at least 4 members (excludes halogenated alkanes) is 1. The molecular weight excluding hydrogens is 278 g/mol. The minimum Gasteiger partial charge on any atom is -0.384 e. The normalized spacial score (nSPS) is 14.0. The summed E-state index contributed by atoms with van der Waals surface area (Å²) in [5.41, 5.74) is 3.29. The standard InChI is InChI=1S/C14H18BrNO/c1-2-3-6-13(17)11-8-10-5-4-7-16-14(10)12(15)9-11/h8-9,16H,2-7H2,1H3. The van der Waals surface area contributed by atoms with Gasteiger partial charge in [-0.1, -0.05) is 13.3 Å². The Morgan fingerprint density at radius 2 is 2.29 bits per heavy atom. The van der Waals surface area contributed by atoms with Crippen LogP contribution in [0, 0.1) is 0 Å².